The molecule has 0 fully saturated rings. The molecule has 5 nitrogen and oxygen atoms in total. The first-order valence-corrected chi connectivity index (χ1v) is 12.8. The minimum atomic E-state index is -0.205. The second-order valence-corrected chi connectivity index (χ2v) is 10.9. The Labute approximate surface area is 189 Å². The topological polar surface area (TPSA) is 64.1 Å². The molecule has 1 amide bonds. The second kappa shape index (κ2) is 9.26. The van der Waals surface area contributed by atoms with Crippen LogP contribution in [0.1, 0.15) is 37.6 Å². The lowest BCUT2D eigenvalue weighted by atomic mass is 9.95. The van der Waals surface area contributed by atoms with Gasteiger partial charge in [0.25, 0.3) is 0 Å². The molecule has 1 N–H and O–H groups in total. The van der Waals surface area contributed by atoms with E-state index in [2.05, 4.69) is 26.1 Å². The van der Waals surface area contributed by atoms with Crippen LogP contribution in [0, 0.1) is 0 Å². The van der Waals surface area contributed by atoms with Gasteiger partial charge in [-0.1, -0.05) is 48.6 Å². The van der Waals surface area contributed by atoms with Gasteiger partial charge in [-0.15, -0.1) is 11.3 Å². The van der Waals surface area contributed by atoms with E-state index in [4.69, 9.17) is 14.7 Å². The van der Waals surface area contributed by atoms with Gasteiger partial charge < -0.3 is 10.1 Å². The van der Waals surface area contributed by atoms with Gasteiger partial charge in [0.15, 0.2) is 5.16 Å². The predicted octanol–water partition coefficient (Wildman–Crippen LogP) is 5.78. The molecule has 4 rings (SSSR count). The average molecular weight is 460 g/mol. The summed E-state index contributed by atoms with van der Waals surface area (Å²) in [6, 6.07) is 9.54. The standard InChI is InChI=1S/C22H25N3O2S3/c1-4-10-28-21-24-19(29-13-17(26)23-14-8-6-5-7-9-14)18-15-11-22(2,3)27-12-16(15)30-20(18)25-21/h5-9H,4,10-13H2,1-3H3,(H,23,26). The molecule has 8 heteroatoms. The molecule has 1 aliphatic heterocycles. The van der Waals surface area contributed by atoms with Gasteiger partial charge in [-0.2, -0.15) is 0 Å². The molecular formula is C22H25N3O2S3. The third kappa shape index (κ3) is 4.99. The fourth-order valence-electron chi connectivity index (χ4n) is 3.31. The lowest BCUT2D eigenvalue weighted by Crippen LogP contribution is -2.31. The minimum Gasteiger partial charge on any atom is -0.370 e. The Morgan fingerprint density at radius 2 is 2.03 bits per heavy atom. The van der Waals surface area contributed by atoms with Gasteiger partial charge in [-0.3, -0.25) is 4.79 Å². The normalized spacial score (nSPS) is 15.2. The van der Waals surface area contributed by atoms with Crippen LogP contribution in [0.25, 0.3) is 10.2 Å². The molecule has 0 atom stereocenters. The summed E-state index contributed by atoms with van der Waals surface area (Å²) in [5, 5.41) is 5.74. The fraction of sp³-hybridized carbons (Fsp3) is 0.409. The average Bonchev–Trinajstić information content (AvgIpc) is 3.08. The number of nitrogens with one attached hydrogen (secondary N) is 1. The van der Waals surface area contributed by atoms with E-state index in [0.29, 0.717) is 12.4 Å². The number of para-hydroxylation sites is 1. The van der Waals surface area contributed by atoms with E-state index < -0.39 is 0 Å². The molecule has 0 unspecified atom stereocenters. The molecule has 0 saturated heterocycles. The van der Waals surface area contributed by atoms with Gasteiger partial charge in [0.1, 0.15) is 9.86 Å². The first-order valence-electron chi connectivity index (χ1n) is 10.0. The summed E-state index contributed by atoms with van der Waals surface area (Å²) in [6.45, 7) is 7.00. The Bertz CT molecular complexity index is 1050. The van der Waals surface area contributed by atoms with Crippen LogP contribution < -0.4 is 5.32 Å². The first kappa shape index (κ1) is 21.6. The number of nitrogens with zero attached hydrogens (tertiary/aromatic N) is 2. The summed E-state index contributed by atoms with van der Waals surface area (Å²) in [5.41, 5.74) is 1.88. The number of anilines is 1. The van der Waals surface area contributed by atoms with Crippen molar-refractivity contribution in [3.8, 4) is 0 Å². The number of carbonyl (C=O) groups is 1. The maximum atomic E-state index is 12.5. The van der Waals surface area contributed by atoms with Crippen LogP contribution in [-0.2, 0) is 22.6 Å². The van der Waals surface area contributed by atoms with E-state index in [0.717, 1.165) is 44.7 Å². The summed E-state index contributed by atoms with van der Waals surface area (Å²) >= 11 is 4.86. The van der Waals surface area contributed by atoms with Gasteiger partial charge in [0.2, 0.25) is 5.91 Å². The van der Waals surface area contributed by atoms with Gasteiger partial charge in [0.05, 0.1) is 18.0 Å². The number of hydrogen-bond acceptors (Lipinski definition) is 7. The summed E-state index contributed by atoms with van der Waals surface area (Å²) in [5.74, 6) is 1.25. The highest BCUT2D eigenvalue weighted by Gasteiger charge is 2.31. The molecule has 1 aliphatic rings. The number of carbonyl (C=O) groups excluding carboxylic acids is 1. The Morgan fingerprint density at radius 1 is 1.23 bits per heavy atom. The molecule has 0 radical (unpaired) electrons. The third-order valence-electron chi connectivity index (χ3n) is 4.71. The van der Waals surface area contributed by atoms with Crippen LogP contribution in [0.2, 0.25) is 0 Å². The molecule has 1 aromatic carbocycles. The number of thioether (sulfide) groups is 2. The monoisotopic (exact) mass is 459 g/mol. The Hall–Kier alpha value is -1.61. The van der Waals surface area contributed by atoms with Crippen molar-refractivity contribution in [1.29, 1.82) is 0 Å². The van der Waals surface area contributed by atoms with E-state index in [-0.39, 0.29) is 11.5 Å². The lowest BCUT2D eigenvalue weighted by Gasteiger charge is -2.30. The molecule has 30 heavy (non-hydrogen) atoms. The van der Waals surface area contributed by atoms with E-state index in [1.165, 1.54) is 22.2 Å². The summed E-state index contributed by atoms with van der Waals surface area (Å²) in [6.07, 6.45) is 1.90. The van der Waals surface area contributed by atoms with Crippen molar-refractivity contribution in [2.75, 3.05) is 16.8 Å². The largest absolute Gasteiger partial charge is 0.370 e. The van der Waals surface area contributed by atoms with Crippen LogP contribution >= 0.6 is 34.9 Å². The SMILES string of the molecule is CCCSc1nc(SCC(=O)Nc2ccccc2)c2c3c(sc2n1)COC(C)(C)C3. The van der Waals surface area contributed by atoms with Crippen molar-refractivity contribution in [2.24, 2.45) is 0 Å². The highest BCUT2D eigenvalue weighted by molar-refractivity contribution is 8.00. The number of fused-ring (bicyclic) bond motifs is 3. The van der Waals surface area contributed by atoms with Crippen molar-refractivity contribution < 1.29 is 9.53 Å². The van der Waals surface area contributed by atoms with E-state index in [9.17, 15) is 4.79 Å². The first-order chi connectivity index (χ1) is 14.4. The zero-order valence-electron chi connectivity index (χ0n) is 17.4. The minimum absolute atomic E-state index is 0.0338. The van der Waals surface area contributed by atoms with Crippen molar-refractivity contribution >= 4 is 56.7 Å². The predicted molar refractivity (Wildman–Crippen MR) is 127 cm³/mol. The van der Waals surface area contributed by atoms with Gasteiger partial charge in [-0.05, 0) is 38.0 Å². The number of thiophene rings is 1. The maximum Gasteiger partial charge on any atom is 0.234 e. The van der Waals surface area contributed by atoms with Crippen LogP contribution in [-0.4, -0.2) is 33.0 Å². The molecule has 3 aromatic rings. The van der Waals surface area contributed by atoms with Crippen LogP contribution in [0.5, 0.6) is 0 Å². The summed E-state index contributed by atoms with van der Waals surface area (Å²) in [4.78, 5) is 24.4. The third-order valence-corrected chi connectivity index (χ3v) is 7.84. The van der Waals surface area contributed by atoms with E-state index in [1.807, 2.05) is 30.3 Å². The van der Waals surface area contributed by atoms with Crippen molar-refractivity contribution in [2.45, 2.75) is 56.0 Å². The van der Waals surface area contributed by atoms with Crippen LogP contribution in [0.3, 0.4) is 0 Å². The van der Waals surface area contributed by atoms with Crippen LogP contribution in [0.15, 0.2) is 40.5 Å². The molecule has 3 heterocycles. The van der Waals surface area contributed by atoms with E-state index >= 15 is 0 Å². The van der Waals surface area contributed by atoms with Gasteiger partial charge in [-0.25, -0.2) is 9.97 Å². The highest BCUT2D eigenvalue weighted by Crippen LogP contribution is 2.42. The molecule has 0 bridgehead atoms. The molecule has 158 valence electrons. The molecular weight excluding hydrogens is 434 g/mol. The number of amides is 1. The Morgan fingerprint density at radius 3 is 2.80 bits per heavy atom. The van der Waals surface area contributed by atoms with Crippen molar-refractivity contribution in [3.05, 3.63) is 40.8 Å². The summed E-state index contributed by atoms with van der Waals surface area (Å²) in [7, 11) is 0. The van der Waals surface area contributed by atoms with Crippen molar-refractivity contribution in [3.63, 3.8) is 0 Å². The van der Waals surface area contributed by atoms with Gasteiger partial charge >= 0.3 is 0 Å². The zero-order chi connectivity index (χ0) is 21.1. The smallest absolute Gasteiger partial charge is 0.234 e. The van der Waals surface area contributed by atoms with E-state index in [1.54, 1.807) is 23.1 Å². The molecule has 0 spiro atoms. The Balaban J connectivity index is 1.62. The lowest BCUT2D eigenvalue weighted by molar-refractivity contribution is -0.113. The quantitative estimate of drug-likeness (QED) is 0.275. The number of rotatable bonds is 7. The fourth-order valence-corrected chi connectivity index (χ4v) is 6.14. The number of hydrogen-bond donors (Lipinski definition) is 1. The van der Waals surface area contributed by atoms with Gasteiger partial charge in [0, 0.05) is 28.1 Å². The molecule has 0 saturated carbocycles. The number of aromatic nitrogens is 2. The molecule has 0 aliphatic carbocycles. The maximum absolute atomic E-state index is 12.5. The van der Waals surface area contributed by atoms with Crippen molar-refractivity contribution in [1.82, 2.24) is 9.97 Å². The number of ether oxygens (including phenoxy) is 1. The molecule has 2 aromatic heterocycles. The van der Waals surface area contributed by atoms with Crippen LogP contribution in [0.4, 0.5) is 5.69 Å². The zero-order valence-corrected chi connectivity index (χ0v) is 19.8. The highest BCUT2D eigenvalue weighted by atomic mass is 32.2. The Kier molecular flexibility index (Phi) is 6.67. The summed E-state index contributed by atoms with van der Waals surface area (Å²) < 4.78 is 6.01. The number of benzene rings is 1. The second-order valence-electron chi connectivity index (χ2n) is 7.77.